The first-order valence-corrected chi connectivity index (χ1v) is 13.1. The molecule has 0 radical (unpaired) electrons. The van der Waals surface area contributed by atoms with Gasteiger partial charge in [0.1, 0.15) is 11.5 Å². The van der Waals surface area contributed by atoms with E-state index in [1.54, 1.807) is 12.3 Å². The first-order valence-electron chi connectivity index (χ1n) is 13.1. The lowest BCUT2D eigenvalue weighted by molar-refractivity contribution is 0.628. The maximum atomic E-state index is 13.9. The van der Waals surface area contributed by atoms with Gasteiger partial charge >= 0.3 is 0 Å². The van der Waals surface area contributed by atoms with E-state index in [1.165, 1.54) is 37.8 Å². The summed E-state index contributed by atoms with van der Waals surface area (Å²) in [7, 11) is 0. The molecule has 1 aliphatic rings. The largest absolute Gasteiger partial charge is 0.358 e. The summed E-state index contributed by atoms with van der Waals surface area (Å²) in [4.78, 5) is 17.0. The highest BCUT2D eigenvalue weighted by atomic mass is 19.1. The van der Waals surface area contributed by atoms with Gasteiger partial charge in [-0.15, -0.1) is 0 Å². The quantitative estimate of drug-likeness (QED) is 0.214. The zero-order valence-corrected chi connectivity index (χ0v) is 21.2. The molecule has 4 heterocycles. The number of aromatic amines is 2. The molecule has 0 aliphatic heterocycles. The van der Waals surface area contributed by atoms with Crippen molar-refractivity contribution in [2.45, 2.75) is 25.7 Å². The zero-order valence-electron chi connectivity index (χ0n) is 21.2. The number of benzene rings is 2. The molecule has 0 atom stereocenters. The van der Waals surface area contributed by atoms with Crippen LogP contribution in [0.25, 0.3) is 55.8 Å². The normalized spacial score (nSPS) is 13.9. The molecule has 7 nitrogen and oxygen atoms in total. The summed E-state index contributed by atoms with van der Waals surface area (Å²) in [6, 6.07) is 16.6. The number of hydrogen-bond donors (Lipinski definition) is 3. The van der Waals surface area contributed by atoms with Crippen LogP contribution in [0.2, 0.25) is 0 Å². The van der Waals surface area contributed by atoms with Crippen molar-refractivity contribution in [1.82, 2.24) is 30.1 Å². The van der Waals surface area contributed by atoms with Crippen molar-refractivity contribution in [3.05, 3.63) is 91.3 Å². The minimum Gasteiger partial charge on any atom is -0.358 e. The molecule has 8 heteroatoms. The lowest BCUT2D eigenvalue weighted by atomic mass is 10.0. The fourth-order valence-electron chi connectivity index (χ4n) is 5.52. The van der Waals surface area contributed by atoms with Crippen molar-refractivity contribution >= 4 is 27.8 Å². The van der Waals surface area contributed by atoms with Gasteiger partial charge < -0.3 is 10.3 Å². The number of pyridine rings is 2. The summed E-state index contributed by atoms with van der Waals surface area (Å²) in [5, 5.41) is 12.1. The van der Waals surface area contributed by atoms with Gasteiger partial charge in [-0.1, -0.05) is 37.6 Å². The number of nitrogens with zero attached hydrogens (tertiary/aromatic N) is 4. The van der Waals surface area contributed by atoms with Crippen LogP contribution in [-0.2, 0) is 0 Å². The lowest BCUT2D eigenvalue weighted by Gasteiger charge is -2.16. The van der Waals surface area contributed by atoms with Gasteiger partial charge in [-0.25, -0.2) is 14.4 Å². The van der Waals surface area contributed by atoms with Crippen LogP contribution in [0.5, 0.6) is 0 Å². The number of imidazole rings is 1. The third-order valence-electron chi connectivity index (χ3n) is 7.54. The van der Waals surface area contributed by atoms with E-state index in [4.69, 9.17) is 4.98 Å². The van der Waals surface area contributed by atoms with Crippen molar-refractivity contribution in [3.8, 4) is 33.8 Å². The molecule has 2 aromatic carbocycles. The molecule has 0 unspecified atom stereocenters. The Hall–Kier alpha value is -4.85. The Bertz CT molecular complexity index is 1850. The number of rotatable bonds is 6. The van der Waals surface area contributed by atoms with Crippen molar-refractivity contribution < 1.29 is 4.39 Å². The molecule has 0 saturated heterocycles. The van der Waals surface area contributed by atoms with Gasteiger partial charge in [0, 0.05) is 34.6 Å². The average molecular weight is 516 g/mol. The molecular formula is C31H26FN7. The molecule has 1 aliphatic carbocycles. The second-order valence-corrected chi connectivity index (χ2v) is 10.1. The van der Waals surface area contributed by atoms with Gasteiger partial charge in [-0.2, -0.15) is 5.10 Å². The second-order valence-electron chi connectivity index (χ2n) is 10.1. The van der Waals surface area contributed by atoms with Gasteiger partial charge in [-0.3, -0.25) is 10.1 Å². The highest BCUT2D eigenvalue weighted by Gasteiger charge is 2.19. The van der Waals surface area contributed by atoms with E-state index < -0.39 is 0 Å². The number of allylic oxidation sites excluding steroid dienone is 1. The Balaban J connectivity index is 1.25. The van der Waals surface area contributed by atoms with Crippen molar-refractivity contribution in [3.63, 3.8) is 0 Å². The molecule has 39 heavy (non-hydrogen) atoms. The number of nitrogens with one attached hydrogen (secondary N) is 3. The topological polar surface area (TPSA) is 95.2 Å². The van der Waals surface area contributed by atoms with Gasteiger partial charge in [0.25, 0.3) is 0 Å². The lowest BCUT2D eigenvalue weighted by Crippen LogP contribution is -2.07. The predicted octanol–water partition coefficient (Wildman–Crippen LogP) is 7.49. The summed E-state index contributed by atoms with van der Waals surface area (Å²) in [6.45, 7) is 4.28. The summed E-state index contributed by atoms with van der Waals surface area (Å²) in [5.74, 6) is 0.823. The molecule has 1 fully saturated rings. The fraction of sp³-hybridized carbons (Fsp3) is 0.161. The molecular weight excluding hydrogens is 489 g/mol. The smallest absolute Gasteiger partial charge is 0.178 e. The van der Waals surface area contributed by atoms with Gasteiger partial charge in [0.2, 0.25) is 0 Å². The van der Waals surface area contributed by atoms with Crippen LogP contribution in [0.1, 0.15) is 25.7 Å². The summed E-state index contributed by atoms with van der Waals surface area (Å²) in [5.41, 5.74) is 8.45. The van der Waals surface area contributed by atoms with E-state index in [9.17, 15) is 4.39 Å². The van der Waals surface area contributed by atoms with Crippen LogP contribution in [0.3, 0.4) is 0 Å². The minimum atomic E-state index is -0.292. The van der Waals surface area contributed by atoms with E-state index in [0.29, 0.717) is 23.1 Å². The zero-order chi connectivity index (χ0) is 26.3. The number of H-pyrrole nitrogens is 2. The third-order valence-corrected chi connectivity index (χ3v) is 7.54. The maximum absolute atomic E-state index is 13.9. The van der Waals surface area contributed by atoms with Crippen molar-refractivity contribution in [2.24, 2.45) is 5.92 Å². The summed E-state index contributed by atoms with van der Waals surface area (Å²) in [6.07, 6.45) is 10.3. The van der Waals surface area contributed by atoms with Crippen LogP contribution < -0.4 is 5.32 Å². The van der Waals surface area contributed by atoms with Crippen LogP contribution in [0.15, 0.2) is 85.5 Å². The number of fused-ring (bicyclic) bond motifs is 2. The van der Waals surface area contributed by atoms with E-state index >= 15 is 0 Å². The van der Waals surface area contributed by atoms with Crippen LogP contribution in [0.4, 0.5) is 10.1 Å². The minimum absolute atomic E-state index is 0.292. The molecule has 0 bridgehead atoms. The highest BCUT2D eigenvalue weighted by Crippen LogP contribution is 2.34. The molecule has 0 spiro atoms. The van der Waals surface area contributed by atoms with E-state index in [-0.39, 0.29) is 5.82 Å². The van der Waals surface area contributed by atoms with E-state index in [2.05, 4.69) is 55.2 Å². The second kappa shape index (κ2) is 9.47. The maximum Gasteiger partial charge on any atom is 0.178 e. The monoisotopic (exact) mass is 515 g/mol. The number of anilines is 1. The summed E-state index contributed by atoms with van der Waals surface area (Å²) < 4.78 is 13.9. The van der Waals surface area contributed by atoms with E-state index in [1.807, 2.05) is 30.6 Å². The molecule has 7 rings (SSSR count). The Labute approximate surface area is 224 Å². The van der Waals surface area contributed by atoms with Gasteiger partial charge in [0.05, 0.1) is 22.9 Å². The molecule has 6 aromatic rings. The first kappa shape index (κ1) is 23.3. The first-order chi connectivity index (χ1) is 19.1. The Morgan fingerprint density at radius 1 is 0.974 bits per heavy atom. The SMILES string of the molecule is C=C(Nc1cncc(-c2ccc3[nH]nc(-c4nc5nccc(-c6cccc(F)c6)c5[nH]4)c3c2)c1)C1CCCC1. The summed E-state index contributed by atoms with van der Waals surface area (Å²) >= 11 is 0. The van der Waals surface area contributed by atoms with Crippen LogP contribution in [0, 0.1) is 11.7 Å². The third kappa shape index (κ3) is 4.33. The van der Waals surface area contributed by atoms with E-state index in [0.717, 1.165) is 50.1 Å². The van der Waals surface area contributed by atoms with Crippen molar-refractivity contribution in [2.75, 3.05) is 5.32 Å². The van der Waals surface area contributed by atoms with Gasteiger partial charge in [-0.05, 0) is 66.3 Å². The number of halogens is 1. The Kier molecular flexibility index (Phi) is 5.65. The molecule has 192 valence electrons. The number of hydrogen-bond acceptors (Lipinski definition) is 5. The Morgan fingerprint density at radius 3 is 2.74 bits per heavy atom. The molecule has 0 amide bonds. The van der Waals surface area contributed by atoms with Crippen molar-refractivity contribution in [1.29, 1.82) is 0 Å². The Morgan fingerprint density at radius 2 is 1.87 bits per heavy atom. The standard InChI is InChI=1S/C31H26FN7/c1-18(19-5-2-3-6-19)35-24-14-22(16-33-17-24)20-9-10-27-26(15-20)29(39-38-27)31-36-28-25(11-12-34-30(28)37-31)21-7-4-8-23(32)13-21/h4,7-17,19,35H,1-3,5-6H2,(H,38,39)(H,34,36,37). The fourth-order valence-corrected chi connectivity index (χ4v) is 5.52. The average Bonchev–Trinajstić information content (AvgIpc) is 3.72. The van der Waals surface area contributed by atoms with Crippen LogP contribution in [-0.4, -0.2) is 30.1 Å². The molecule has 3 N–H and O–H groups in total. The van der Waals surface area contributed by atoms with Gasteiger partial charge in [0.15, 0.2) is 11.5 Å². The van der Waals surface area contributed by atoms with Crippen LogP contribution >= 0.6 is 0 Å². The predicted molar refractivity (Wildman–Crippen MR) is 152 cm³/mol. The molecule has 4 aromatic heterocycles. The number of aromatic nitrogens is 6. The highest BCUT2D eigenvalue weighted by molar-refractivity contribution is 5.97. The molecule has 1 saturated carbocycles.